The van der Waals surface area contributed by atoms with Crippen molar-refractivity contribution in [2.45, 2.75) is 13.3 Å². The van der Waals surface area contributed by atoms with Crippen LogP contribution in [0.5, 0.6) is 0 Å². The van der Waals surface area contributed by atoms with E-state index in [-0.39, 0.29) is 18.1 Å². The van der Waals surface area contributed by atoms with Gasteiger partial charge in [0.15, 0.2) is 11.5 Å². The number of benzene rings is 2. The second-order valence-corrected chi connectivity index (χ2v) is 5.68. The van der Waals surface area contributed by atoms with Crippen LogP contribution >= 0.6 is 0 Å². The molecule has 0 saturated heterocycles. The van der Waals surface area contributed by atoms with Crippen LogP contribution in [0, 0.1) is 0 Å². The Kier molecular flexibility index (Phi) is 5.43. The van der Waals surface area contributed by atoms with Crippen LogP contribution in [0.25, 0.3) is 11.3 Å². The van der Waals surface area contributed by atoms with Crippen LogP contribution in [-0.2, 0) is 11.2 Å². The molecule has 0 bridgehead atoms. The first-order chi connectivity index (χ1) is 12.7. The summed E-state index contributed by atoms with van der Waals surface area (Å²) in [6, 6.07) is 18.5. The van der Waals surface area contributed by atoms with Crippen LogP contribution in [0.2, 0.25) is 0 Å². The van der Waals surface area contributed by atoms with Gasteiger partial charge in [0.25, 0.3) is 5.91 Å². The smallest absolute Gasteiger partial charge is 0.273 e. The van der Waals surface area contributed by atoms with E-state index in [1.807, 2.05) is 61.5 Å². The number of para-hydroxylation sites is 1. The number of nitrogens with one attached hydrogen (secondary N) is 2. The molecule has 2 N–H and O–H groups in total. The third kappa shape index (κ3) is 4.16. The lowest BCUT2D eigenvalue weighted by Crippen LogP contribution is -2.33. The molecule has 0 unspecified atom stereocenters. The number of carbonyl (C=O) groups excluding carboxylic acids is 2. The maximum absolute atomic E-state index is 12.2. The number of carbonyl (C=O) groups is 2. The van der Waals surface area contributed by atoms with Gasteiger partial charge in [0.2, 0.25) is 5.91 Å². The Hall–Kier alpha value is -3.41. The van der Waals surface area contributed by atoms with Crippen molar-refractivity contribution in [3.8, 4) is 11.3 Å². The van der Waals surface area contributed by atoms with Gasteiger partial charge in [0, 0.05) is 17.3 Å². The van der Waals surface area contributed by atoms with Crippen molar-refractivity contribution in [2.75, 3.05) is 11.9 Å². The van der Waals surface area contributed by atoms with E-state index in [2.05, 4.69) is 15.8 Å². The van der Waals surface area contributed by atoms with Gasteiger partial charge in [-0.1, -0.05) is 60.6 Å². The van der Waals surface area contributed by atoms with E-state index in [0.29, 0.717) is 5.76 Å². The Balaban J connectivity index is 1.57. The summed E-state index contributed by atoms with van der Waals surface area (Å²) in [7, 11) is 0. The van der Waals surface area contributed by atoms with Gasteiger partial charge < -0.3 is 15.2 Å². The lowest BCUT2D eigenvalue weighted by molar-refractivity contribution is -0.115. The number of nitrogens with zero attached hydrogens (tertiary/aromatic N) is 1. The molecule has 2 aromatic carbocycles. The summed E-state index contributed by atoms with van der Waals surface area (Å²) in [5.74, 6) is -0.266. The highest BCUT2D eigenvalue weighted by Gasteiger charge is 2.15. The zero-order valence-corrected chi connectivity index (χ0v) is 14.4. The first-order valence-corrected chi connectivity index (χ1v) is 8.35. The third-order valence-corrected chi connectivity index (χ3v) is 3.88. The first kappa shape index (κ1) is 17.4. The molecule has 1 aromatic heterocycles. The molecule has 6 nitrogen and oxygen atoms in total. The summed E-state index contributed by atoms with van der Waals surface area (Å²) in [4.78, 5) is 24.2. The van der Waals surface area contributed by atoms with Gasteiger partial charge in [-0.15, -0.1) is 0 Å². The number of rotatable bonds is 6. The maximum atomic E-state index is 12.2. The number of aryl methyl sites for hydroxylation is 1. The molecule has 0 aliphatic rings. The van der Waals surface area contributed by atoms with E-state index >= 15 is 0 Å². The summed E-state index contributed by atoms with van der Waals surface area (Å²) >= 11 is 0. The molecule has 2 amide bonds. The number of hydrogen-bond donors (Lipinski definition) is 2. The Labute approximate surface area is 151 Å². The molecular weight excluding hydrogens is 330 g/mol. The SMILES string of the molecule is CCc1ccccc1NC(=O)CNC(=O)c1cc(-c2ccccc2)on1. The third-order valence-electron chi connectivity index (χ3n) is 3.88. The topological polar surface area (TPSA) is 84.2 Å². The van der Waals surface area contributed by atoms with E-state index in [1.54, 1.807) is 6.07 Å². The summed E-state index contributed by atoms with van der Waals surface area (Å²) in [5.41, 5.74) is 2.75. The highest BCUT2D eigenvalue weighted by molar-refractivity contribution is 5.99. The molecule has 26 heavy (non-hydrogen) atoms. The quantitative estimate of drug-likeness (QED) is 0.715. The normalized spacial score (nSPS) is 10.3. The first-order valence-electron chi connectivity index (χ1n) is 8.35. The van der Waals surface area contributed by atoms with Gasteiger partial charge in [-0.25, -0.2) is 0 Å². The van der Waals surface area contributed by atoms with Crippen LogP contribution in [0.4, 0.5) is 5.69 Å². The molecule has 6 heteroatoms. The monoisotopic (exact) mass is 349 g/mol. The standard InChI is InChI=1S/C20H19N3O3/c1-2-14-8-6-7-11-16(14)22-19(24)13-21-20(25)17-12-18(26-23-17)15-9-4-3-5-10-15/h3-12H,2,13H2,1H3,(H,21,25)(H,22,24). The number of aromatic nitrogens is 1. The highest BCUT2D eigenvalue weighted by atomic mass is 16.5. The van der Waals surface area contributed by atoms with Crippen molar-refractivity contribution in [1.29, 1.82) is 0 Å². The van der Waals surface area contributed by atoms with Gasteiger partial charge in [0.1, 0.15) is 0 Å². The predicted octanol–water partition coefficient (Wildman–Crippen LogP) is 3.27. The van der Waals surface area contributed by atoms with Crippen molar-refractivity contribution < 1.29 is 14.1 Å². The van der Waals surface area contributed by atoms with E-state index in [0.717, 1.165) is 23.2 Å². The Morgan fingerprint density at radius 1 is 1.04 bits per heavy atom. The van der Waals surface area contributed by atoms with Gasteiger partial charge >= 0.3 is 0 Å². The molecule has 0 saturated carbocycles. The summed E-state index contributed by atoms with van der Waals surface area (Å²) in [5, 5.41) is 9.11. The Morgan fingerprint density at radius 3 is 2.54 bits per heavy atom. The lowest BCUT2D eigenvalue weighted by atomic mass is 10.1. The summed E-state index contributed by atoms with van der Waals surface area (Å²) < 4.78 is 5.19. The molecule has 3 aromatic rings. The zero-order valence-electron chi connectivity index (χ0n) is 14.4. The van der Waals surface area contributed by atoms with Crippen LogP contribution in [-0.4, -0.2) is 23.5 Å². The van der Waals surface area contributed by atoms with Gasteiger partial charge in [0.05, 0.1) is 6.54 Å². The van der Waals surface area contributed by atoms with E-state index in [4.69, 9.17) is 4.52 Å². The minimum atomic E-state index is -0.463. The van der Waals surface area contributed by atoms with Gasteiger partial charge in [-0.05, 0) is 18.1 Å². The molecule has 0 atom stereocenters. The maximum Gasteiger partial charge on any atom is 0.273 e. The molecular formula is C20H19N3O3. The Morgan fingerprint density at radius 2 is 1.77 bits per heavy atom. The van der Waals surface area contributed by atoms with Crippen molar-refractivity contribution in [1.82, 2.24) is 10.5 Å². The molecule has 0 fully saturated rings. The van der Waals surface area contributed by atoms with Crippen molar-refractivity contribution in [2.24, 2.45) is 0 Å². The average Bonchev–Trinajstić information content (AvgIpc) is 3.17. The second-order valence-electron chi connectivity index (χ2n) is 5.68. The van der Waals surface area contributed by atoms with Crippen LogP contribution in [0.15, 0.2) is 65.2 Å². The minimum absolute atomic E-state index is 0.130. The van der Waals surface area contributed by atoms with Gasteiger partial charge in [-0.2, -0.15) is 0 Å². The minimum Gasteiger partial charge on any atom is -0.355 e. The van der Waals surface area contributed by atoms with Crippen LogP contribution in [0.1, 0.15) is 23.0 Å². The molecule has 0 spiro atoms. The summed E-state index contributed by atoms with van der Waals surface area (Å²) in [6.07, 6.45) is 0.810. The average molecular weight is 349 g/mol. The fraction of sp³-hybridized carbons (Fsp3) is 0.150. The summed E-state index contributed by atoms with van der Waals surface area (Å²) in [6.45, 7) is 1.87. The molecule has 3 rings (SSSR count). The van der Waals surface area contributed by atoms with Gasteiger partial charge in [-0.3, -0.25) is 9.59 Å². The molecule has 0 radical (unpaired) electrons. The Bertz CT molecular complexity index is 903. The number of amides is 2. The fourth-order valence-corrected chi connectivity index (χ4v) is 2.52. The van der Waals surface area contributed by atoms with E-state index < -0.39 is 5.91 Å². The largest absolute Gasteiger partial charge is 0.355 e. The fourth-order valence-electron chi connectivity index (χ4n) is 2.52. The predicted molar refractivity (Wildman–Crippen MR) is 98.7 cm³/mol. The molecule has 0 aliphatic carbocycles. The number of hydrogen-bond acceptors (Lipinski definition) is 4. The highest BCUT2D eigenvalue weighted by Crippen LogP contribution is 2.19. The lowest BCUT2D eigenvalue weighted by Gasteiger charge is -2.09. The number of anilines is 1. The van der Waals surface area contributed by atoms with Crippen LogP contribution in [0.3, 0.4) is 0 Å². The van der Waals surface area contributed by atoms with E-state index in [9.17, 15) is 9.59 Å². The molecule has 1 heterocycles. The zero-order chi connectivity index (χ0) is 18.4. The second kappa shape index (κ2) is 8.11. The molecule has 132 valence electrons. The van der Waals surface area contributed by atoms with Crippen molar-refractivity contribution in [3.05, 3.63) is 71.9 Å². The van der Waals surface area contributed by atoms with Crippen LogP contribution < -0.4 is 10.6 Å². The molecule has 0 aliphatic heterocycles. The van der Waals surface area contributed by atoms with E-state index in [1.165, 1.54) is 0 Å². The van der Waals surface area contributed by atoms with Crippen molar-refractivity contribution in [3.63, 3.8) is 0 Å². The van der Waals surface area contributed by atoms with Crippen molar-refractivity contribution >= 4 is 17.5 Å².